The van der Waals surface area contributed by atoms with Crippen LogP contribution in [-0.4, -0.2) is 24.2 Å². The zero-order valence-electron chi connectivity index (χ0n) is 10.8. The van der Waals surface area contributed by atoms with Crippen LogP contribution in [0.5, 0.6) is 11.5 Å². The molecule has 1 aromatic carbocycles. The molecule has 6 heteroatoms. The number of H-pyrrole nitrogens is 1. The molecular formula is C13H13FN2O3. The molecule has 0 spiro atoms. The topological polar surface area (TPSA) is 64.2 Å². The first-order chi connectivity index (χ1) is 9.05. The van der Waals surface area contributed by atoms with Crippen LogP contribution in [0.15, 0.2) is 23.0 Å². The number of methoxy groups -OCH3 is 2. The van der Waals surface area contributed by atoms with Crippen molar-refractivity contribution in [2.24, 2.45) is 0 Å². The van der Waals surface area contributed by atoms with Gasteiger partial charge in [-0.1, -0.05) is 0 Å². The second kappa shape index (κ2) is 5.09. The molecule has 0 saturated heterocycles. The lowest BCUT2D eigenvalue weighted by atomic mass is 10.2. The normalized spacial score (nSPS) is 10.3. The van der Waals surface area contributed by atoms with E-state index in [4.69, 9.17) is 9.47 Å². The summed E-state index contributed by atoms with van der Waals surface area (Å²) >= 11 is 0. The van der Waals surface area contributed by atoms with E-state index in [0.29, 0.717) is 17.1 Å². The van der Waals surface area contributed by atoms with Crippen LogP contribution in [0.2, 0.25) is 0 Å². The Balaban J connectivity index is 2.61. The van der Waals surface area contributed by atoms with Crippen LogP contribution in [0.3, 0.4) is 0 Å². The molecule has 0 aliphatic carbocycles. The minimum absolute atomic E-state index is 0.0422. The number of aromatic amines is 1. The van der Waals surface area contributed by atoms with Crippen molar-refractivity contribution in [1.82, 2.24) is 9.97 Å². The fourth-order valence-corrected chi connectivity index (χ4v) is 1.65. The SMILES string of the molecule is COc1cc(OC)cc(-c2nc(C)c(F)c(=O)[nH]2)c1. The van der Waals surface area contributed by atoms with Gasteiger partial charge < -0.3 is 14.5 Å². The second-order valence-electron chi connectivity index (χ2n) is 3.92. The highest BCUT2D eigenvalue weighted by molar-refractivity contribution is 5.60. The summed E-state index contributed by atoms with van der Waals surface area (Å²) in [4.78, 5) is 17.8. The van der Waals surface area contributed by atoms with Gasteiger partial charge in [0.2, 0.25) is 5.82 Å². The molecule has 0 radical (unpaired) electrons. The van der Waals surface area contributed by atoms with E-state index in [1.54, 1.807) is 18.2 Å². The Bertz CT molecular complexity index is 645. The third-order valence-corrected chi connectivity index (χ3v) is 2.65. The molecule has 0 unspecified atom stereocenters. The monoisotopic (exact) mass is 264 g/mol. The summed E-state index contributed by atoms with van der Waals surface area (Å²) in [5.41, 5.74) is -0.179. The van der Waals surface area contributed by atoms with Gasteiger partial charge >= 0.3 is 0 Å². The molecule has 5 nitrogen and oxygen atoms in total. The fourth-order valence-electron chi connectivity index (χ4n) is 1.65. The number of halogens is 1. The molecule has 0 atom stereocenters. The van der Waals surface area contributed by atoms with E-state index in [-0.39, 0.29) is 11.5 Å². The molecule has 0 bridgehead atoms. The van der Waals surface area contributed by atoms with Crippen molar-refractivity contribution in [2.75, 3.05) is 14.2 Å². The molecular weight excluding hydrogens is 251 g/mol. The van der Waals surface area contributed by atoms with Gasteiger partial charge in [-0.2, -0.15) is 4.39 Å². The standard InChI is InChI=1S/C13H13FN2O3/c1-7-11(14)13(17)16-12(15-7)8-4-9(18-2)6-10(5-8)19-3/h4-6H,1-3H3,(H,15,16,17). The first-order valence-corrected chi connectivity index (χ1v) is 5.55. The zero-order valence-corrected chi connectivity index (χ0v) is 10.8. The van der Waals surface area contributed by atoms with Gasteiger partial charge in [0.05, 0.1) is 19.9 Å². The summed E-state index contributed by atoms with van der Waals surface area (Å²) in [5.74, 6) is 0.498. The molecule has 0 aliphatic heterocycles. The molecule has 0 fully saturated rings. The lowest BCUT2D eigenvalue weighted by Crippen LogP contribution is -2.15. The molecule has 0 saturated carbocycles. The van der Waals surface area contributed by atoms with Crippen LogP contribution in [0.1, 0.15) is 5.69 Å². The minimum atomic E-state index is -0.876. The predicted molar refractivity (Wildman–Crippen MR) is 68.1 cm³/mol. The van der Waals surface area contributed by atoms with E-state index in [2.05, 4.69) is 9.97 Å². The smallest absolute Gasteiger partial charge is 0.287 e. The van der Waals surface area contributed by atoms with Crippen molar-refractivity contribution >= 4 is 0 Å². The number of rotatable bonds is 3. The number of benzene rings is 1. The fraction of sp³-hybridized carbons (Fsp3) is 0.231. The van der Waals surface area contributed by atoms with Crippen LogP contribution in [0.25, 0.3) is 11.4 Å². The molecule has 1 heterocycles. The van der Waals surface area contributed by atoms with Gasteiger partial charge in [-0.15, -0.1) is 0 Å². The Labute approximate surface area is 109 Å². The van der Waals surface area contributed by atoms with E-state index in [9.17, 15) is 9.18 Å². The lowest BCUT2D eigenvalue weighted by molar-refractivity contribution is 0.394. The van der Waals surface area contributed by atoms with Crippen molar-refractivity contribution < 1.29 is 13.9 Å². The van der Waals surface area contributed by atoms with E-state index in [0.717, 1.165) is 0 Å². The van der Waals surface area contributed by atoms with Gasteiger partial charge in [0.15, 0.2) is 0 Å². The molecule has 0 amide bonds. The summed E-state index contributed by atoms with van der Waals surface area (Å²) in [6.07, 6.45) is 0. The molecule has 100 valence electrons. The molecule has 1 aromatic heterocycles. The number of hydrogen-bond donors (Lipinski definition) is 1. The maximum Gasteiger partial charge on any atom is 0.287 e. The number of nitrogens with one attached hydrogen (secondary N) is 1. The van der Waals surface area contributed by atoms with Crippen molar-refractivity contribution in [2.45, 2.75) is 6.92 Å². The third kappa shape index (κ3) is 2.57. The summed E-state index contributed by atoms with van der Waals surface area (Å²) < 4.78 is 23.5. The van der Waals surface area contributed by atoms with Crippen LogP contribution < -0.4 is 15.0 Å². The average Bonchev–Trinajstić information content (AvgIpc) is 2.43. The Morgan fingerprint density at radius 3 is 2.21 bits per heavy atom. The highest BCUT2D eigenvalue weighted by Crippen LogP contribution is 2.27. The van der Waals surface area contributed by atoms with Crippen molar-refractivity contribution in [3.63, 3.8) is 0 Å². The van der Waals surface area contributed by atoms with Gasteiger partial charge in [-0.25, -0.2) is 4.98 Å². The van der Waals surface area contributed by atoms with Crippen LogP contribution in [0.4, 0.5) is 4.39 Å². The number of aromatic nitrogens is 2. The quantitative estimate of drug-likeness (QED) is 0.919. The minimum Gasteiger partial charge on any atom is -0.497 e. The molecule has 1 N–H and O–H groups in total. The number of ether oxygens (including phenoxy) is 2. The highest BCUT2D eigenvalue weighted by Gasteiger charge is 2.11. The van der Waals surface area contributed by atoms with Crippen molar-refractivity contribution in [3.05, 3.63) is 40.1 Å². The summed E-state index contributed by atoms with van der Waals surface area (Å²) in [5, 5.41) is 0. The Kier molecular flexibility index (Phi) is 3.50. The first-order valence-electron chi connectivity index (χ1n) is 5.55. The van der Waals surface area contributed by atoms with E-state index < -0.39 is 11.4 Å². The Hall–Kier alpha value is -2.37. The average molecular weight is 264 g/mol. The molecule has 2 aromatic rings. The van der Waals surface area contributed by atoms with Gasteiger partial charge in [-0.05, 0) is 19.1 Å². The molecule has 2 rings (SSSR count). The maximum absolute atomic E-state index is 13.3. The second-order valence-corrected chi connectivity index (χ2v) is 3.92. The Morgan fingerprint density at radius 2 is 1.74 bits per heavy atom. The molecule has 19 heavy (non-hydrogen) atoms. The molecule has 0 aliphatic rings. The summed E-state index contributed by atoms with van der Waals surface area (Å²) in [6.45, 7) is 1.44. The van der Waals surface area contributed by atoms with Crippen molar-refractivity contribution in [3.8, 4) is 22.9 Å². The van der Waals surface area contributed by atoms with Crippen LogP contribution >= 0.6 is 0 Å². The van der Waals surface area contributed by atoms with Crippen molar-refractivity contribution in [1.29, 1.82) is 0 Å². The van der Waals surface area contributed by atoms with Gasteiger partial charge in [0.1, 0.15) is 17.3 Å². The Morgan fingerprint density at radius 1 is 1.16 bits per heavy atom. The van der Waals surface area contributed by atoms with Gasteiger partial charge in [0, 0.05) is 11.6 Å². The number of hydrogen-bond acceptors (Lipinski definition) is 4. The first kappa shape index (κ1) is 13.1. The van der Waals surface area contributed by atoms with E-state index in [1.807, 2.05) is 0 Å². The zero-order chi connectivity index (χ0) is 14.0. The number of nitrogens with zero attached hydrogens (tertiary/aromatic N) is 1. The van der Waals surface area contributed by atoms with E-state index >= 15 is 0 Å². The third-order valence-electron chi connectivity index (χ3n) is 2.65. The van der Waals surface area contributed by atoms with Gasteiger partial charge in [0.25, 0.3) is 5.56 Å². The van der Waals surface area contributed by atoms with Gasteiger partial charge in [-0.3, -0.25) is 4.79 Å². The maximum atomic E-state index is 13.3. The lowest BCUT2D eigenvalue weighted by Gasteiger charge is -2.08. The predicted octanol–water partition coefficient (Wildman–Crippen LogP) is 1.90. The summed E-state index contributed by atoms with van der Waals surface area (Å²) in [7, 11) is 3.04. The number of aryl methyl sites for hydroxylation is 1. The van der Waals surface area contributed by atoms with Crippen LogP contribution in [0, 0.1) is 12.7 Å². The van der Waals surface area contributed by atoms with Crippen LogP contribution in [-0.2, 0) is 0 Å². The van der Waals surface area contributed by atoms with E-state index in [1.165, 1.54) is 21.1 Å². The summed E-state index contributed by atoms with van der Waals surface area (Å²) in [6, 6.07) is 5.05. The highest BCUT2D eigenvalue weighted by atomic mass is 19.1. The largest absolute Gasteiger partial charge is 0.497 e.